The summed E-state index contributed by atoms with van der Waals surface area (Å²) >= 11 is 2.03. The molecule has 0 saturated carbocycles. The first kappa shape index (κ1) is 8.15. The van der Waals surface area contributed by atoms with Gasteiger partial charge in [0.1, 0.15) is 0 Å². The van der Waals surface area contributed by atoms with Gasteiger partial charge in [-0.1, -0.05) is 12.2 Å². The maximum Gasteiger partial charge on any atom is -0.000158 e. The monoisotopic (exact) mass is 157 g/mol. The van der Waals surface area contributed by atoms with Crippen molar-refractivity contribution in [2.75, 3.05) is 18.1 Å². The lowest BCUT2D eigenvalue weighted by molar-refractivity contribution is 0.665. The Morgan fingerprint density at radius 1 is 1.70 bits per heavy atom. The molecule has 2 N–H and O–H groups in total. The molecule has 0 aromatic carbocycles. The molecule has 1 aliphatic heterocycles. The number of rotatable bonds is 3. The summed E-state index contributed by atoms with van der Waals surface area (Å²) in [6, 6.07) is 0. The molecule has 1 aliphatic rings. The van der Waals surface area contributed by atoms with Crippen molar-refractivity contribution in [2.45, 2.75) is 12.8 Å². The minimum Gasteiger partial charge on any atom is -0.330 e. The van der Waals surface area contributed by atoms with E-state index in [9.17, 15) is 0 Å². The van der Waals surface area contributed by atoms with Gasteiger partial charge < -0.3 is 5.73 Å². The summed E-state index contributed by atoms with van der Waals surface area (Å²) in [5, 5.41) is 0. The molecule has 0 aromatic heterocycles. The molecule has 0 radical (unpaired) electrons. The van der Waals surface area contributed by atoms with Crippen molar-refractivity contribution in [2.24, 2.45) is 11.7 Å². The van der Waals surface area contributed by atoms with Crippen LogP contribution in [0.4, 0.5) is 0 Å². The highest BCUT2D eigenvalue weighted by molar-refractivity contribution is 7.99. The van der Waals surface area contributed by atoms with E-state index in [-0.39, 0.29) is 0 Å². The summed E-state index contributed by atoms with van der Waals surface area (Å²) < 4.78 is 0. The van der Waals surface area contributed by atoms with Gasteiger partial charge in [-0.15, -0.1) is 0 Å². The van der Waals surface area contributed by atoms with Crippen molar-refractivity contribution in [3.63, 3.8) is 0 Å². The maximum absolute atomic E-state index is 5.43. The molecule has 0 aromatic rings. The summed E-state index contributed by atoms with van der Waals surface area (Å²) in [6.45, 7) is 4.80. The summed E-state index contributed by atoms with van der Waals surface area (Å²) in [5.41, 5.74) is 6.80. The standard InChI is InChI=1S/C8H15NS/c1-7(2-4-9)8-3-5-10-6-8/h8H,1-6,9H2. The molecule has 1 rings (SSSR count). The maximum atomic E-state index is 5.43. The smallest absolute Gasteiger partial charge is 0.000158 e. The number of thioether (sulfide) groups is 1. The Labute approximate surface area is 67.1 Å². The van der Waals surface area contributed by atoms with Crippen molar-refractivity contribution in [1.82, 2.24) is 0 Å². The first-order valence-electron chi connectivity index (χ1n) is 3.80. The highest BCUT2D eigenvalue weighted by Gasteiger charge is 2.17. The zero-order valence-corrected chi connectivity index (χ0v) is 7.12. The Hall–Kier alpha value is 0.0500. The van der Waals surface area contributed by atoms with Crippen LogP contribution in [0.25, 0.3) is 0 Å². The molecule has 1 heterocycles. The summed E-state index contributed by atoms with van der Waals surface area (Å²) in [5.74, 6) is 3.36. The average molecular weight is 157 g/mol. The van der Waals surface area contributed by atoms with Gasteiger partial charge in [0.2, 0.25) is 0 Å². The predicted octanol–water partition coefficient (Wildman–Crippen LogP) is 1.64. The lowest BCUT2D eigenvalue weighted by Crippen LogP contribution is -2.07. The Bertz CT molecular complexity index is 116. The molecule has 1 nitrogen and oxygen atoms in total. The molecule has 1 atom stereocenters. The number of hydrogen-bond acceptors (Lipinski definition) is 2. The van der Waals surface area contributed by atoms with Gasteiger partial charge in [0.25, 0.3) is 0 Å². The van der Waals surface area contributed by atoms with Crippen LogP contribution in [0.2, 0.25) is 0 Å². The fourth-order valence-corrected chi connectivity index (χ4v) is 2.55. The molecule has 0 spiro atoms. The van der Waals surface area contributed by atoms with Gasteiger partial charge in [-0.2, -0.15) is 11.8 Å². The van der Waals surface area contributed by atoms with Gasteiger partial charge in [-0.3, -0.25) is 0 Å². The van der Waals surface area contributed by atoms with Crippen LogP contribution >= 0.6 is 11.8 Å². The number of hydrogen-bond donors (Lipinski definition) is 1. The van der Waals surface area contributed by atoms with Gasteiger partial charge >= 0.3 is 0 Å². The van der Waals surface area contributed by atoms with Crippen molar-refractivity contribution < 1.29 is 0 Å². The second kappa shape index (κ2) is 4.04. The second-order valence-corrected chi connectivity index (χ2v) is 3.91. The Kier molecular flexibility index (Phi) is 3.29. The fraction of sp³-hybridized carbons (Fsp3) is 0.750. The van der Waals surface area contributed by atoms with E-state index >= 15 is 0 Å². The van der Waals surface area contributed by atoms with E-state index < -0.39 is 0 Å². The third-order valence-electron chi connectivity index (χ3n) is 1.97. The minimum atomic E-state index is 0.764. The molecular weight excluding hydrogens is 142 g/mol. The molecule has 58 valence electrons. The van der Waals surface area contributed by atoms with Crippen LogP contribution in [0.3, 0.4) is 0 Å². The molecule has 0 amide bonds. The highest BCUT2D eigenvalue weighted by atomic mass is 32.2. The quantitative estimate of drug-likeness (QED) is 0.630. The van der Waals surface area contributed by atoms with Crippen molar-refractivity contribution in [3.05, 3.63) is 12.2 Å². The molecule has 1 unspecified atom stereocenters. The summed E-state index contributed by atoms with van der Waals surface area (Å²) in [7, 11) is 0. The normalized spacial score (nSPS) is 25.1. The van der Waals surface area contributed by atoms with Crippen LogP contribution in [0.15, 0.2) is 12.2 Å². The molecule has 2 heteroatoms. The Morgan fingerprint density at radius 3 is 3.00 bits per heavy atom. The van der Waals surface area contributed by atoms with Gasteiger partial charge in [-0.05, 0) is 36.8 Å². The second-order valence-electron chi connectivity index (χ2n) is 2.76. The first-order chi connectivity index (χ1) is 4.84. The highest BCUT2D eigenvalue weighted by Crippen LogP contribution is 2.29. The van der Waals surface area contributed by atoms with Gasteiger partial charge in [0.05, 0.1) is 0 Å². The van der Waals surface area contributed by atoms with Crippen molar-refractivity contribution >= 4 is 11.8 Å². The van der Waals surface area contributed by atoms with Crippen LogP contribution in [-0.2, 0) is 0 Å². The molecule has 0 bridgehead atoms. The molecule has 0 aliphatic carbocycles. The first-order valence-corrected chi connectivity index (χ1v) is 4.95. The van der Waals surface area contributed by atoms with Gasteiger partial charge in [-0.25, -0.2) is 0 Å². The van der Waals surface area contributed by atoms with Gasteiger partial charge in [0.15, 0.2) is 0 Å². The summed E-state index contributed by atoms with van der Waals surface area (Å²) in [4.78, 5) is 0. The van der Waals surface area contributed by atoms with Crippen LogP contribution < -0.4 is 5.73 Å². The molecule has 1 saturated heterocycles. The van der Waals surface area contributed by atoms with E-state index in [0.29, 0.717) is 0 Å². The third-order valence-corrected chi connectivity index (χ3v) is 3.13. The lowest BCUT2D eigenvalue weighted by Gasteiger charge is -2.09. The van der Waals surface area contributed by atoms with E-state index in [4.69, 9.17) is 5.73 Å². The molecule has 1 fully saturated rings. The fourth-order valence-electron chi connectivity index (χ4n) is 1.25. The lowest BCUT2D eigenvalue weighted by atomic mass is 9.98. The van der Waals surface area contributed by atoms with E-state index in [1.165, 1.54) is 23.5 Å². The van der Waals surface area contributed by atoms with Gasteiger partial charge in [0, 0.05) is 0 Å². The molecule has 10 heavy (non-hydrogen) atoms. The van der Waals surface area contributed by atoms with E-state index in [2.05, 4.69) is 6.58 Å². The number of nitrogens with two attached hydrogens (primary N) is 1. The van der Waals surface area contributed by atoms with E-state index in [0.717, 1.165) is 18.9 Å². The van der Waals surface area contributed by atoms with Crippen LogP contribution in [-0.4, -0.2) is 18.1 Å². The summed E-state index contributed by atoms with van der Waals surface area (Å²) in [6.07, 6.45) is 2.34. The Morgan fingerprint density at radius 2 is 2.50 bits per heavy atom. The predicted molar refractivity (Wildman–Crippen MR) is 48.2 cm³/mol. The SMILES string of the molecule is C=C(CCN)C1CCSC1. The van der Waals surface area contributed by atoms with Crippen LogP contribution in [0.5, 0.6) is 0 Å². The van der Waals surface area contributed by atoms with Crippen LogP contribution in [0, 0.1) is 5.92 Å². The van der Waals surface area contributed by atoms with Crippen molar-refractivity contribution in [1.29, 1.82) is 0 Å². The van der Waals surface area contributed by atoms with E-state index in [1.807, 2.05) is 11.8 Å². The Balaban J connectivity index is 2.25. The zero-order chi connectivity index (χ0) is 7.40. The topological polar surface area (TPSA) is 26.0 Å². The van der Waals surface area contributed by atoms with Crippen molar-refractivity contribution in [3.8, 4) is 0 Å². The van der Waals surface area contributed by atoms with Crippen LogP contribution in [0.1, 0.15) is 12.8 Å². The molecular formula is C8H15NS. The largest absolute Gasteiger partial charge is 0.330 e. The zero-order valence-electron chi connectivity index (χ0n) is 6.31. The third kappa shape index (κ3) is 2.03. The van der Waals surface area contributed by atoms with E-state index in [1.54, 1.807) is 0 Å². The minimum absolute atomic E-state index is 0.764. The average Bonchev–Trinajstić information content (AvgIpc) is 2.38.